The first kappa shape index (κ1) is 19.1. The van der Waals surface area contributed by atoms with Crippen LogP contribution in [0, 0.1) is 0 Å². The Hall–Kier alpha value is -0.920. The quantitative estimate of drug-likeness (QED) is 0.381. The molecule has 0 aromatic rings. The first-order valence-electron chi connectivity index (χ1n) is 6.65. The van der Waals surface area contributed by atoms with Gasteiger partial charge >= 0.3 is 0 Å². The molecule has 0 saturated heterocycles. The smallest absolute Gasteiger partial charge is 0.246 e. The molecule has 0 fully saturated rings. The monoisotopic (exact) mass is 306 g/mol. The van der Waals surface area contributed by atoms with Gasteiger partial charge in [-0.3, -0.25) is 4.79 Å². The highest BCUT2D eigenvalue weighted by atomic mass is 32.2. The molecule has 6 nitrogen and oxygen atoms in total. The second kappa shape index (κ2) is 7.75. The molecule has 7 heteroatoms. The molecule has 0 heterocycles. The maximum absolute atomic E-state index is 11.4. The van der Waals surface area contributed by atoms with E-state index in [1.54, 1.807) is 6.92 Å². The van der Waals surface area contributed by atoms with E-state index in [9.17, 15) is 17.8 Å². The number of hydrogen-bond acceptors (Lipinski definition) is 4. The van der Waals surface area contributed by atoms with Crippen molar-refractivity contribution in [2.75, 3.05) is 32.9 Å². The van der Waals surface area contributed by atoms with Gasteiger partial charge in [0.1, 0.15) is 0 Å². The van der Waals surface area contributed by atoms with Gasteiger partial charge in [-0.1, -0.05) is 6.58 Å². The molecule has 1 amide bonds. The zero-order valence-electron chi connectivity index (χ0n) is 12.8. The van der Waals surface area contributed by atoms with Crippen molar-refractivity contribution in [2.45, 2.75) is 32.7 Å². The fourth-order valence-corrected chi connectivity index (χ4v) is 2.23. The summed E-state index contributed by atoms with van der Waals surface area (Å²) < 4.78 is 32.3. The van der Waals surface area contributed by atoms with Crippen molar-refractivity contribution in [3.8, 4) is 0 Å². The van der Waals surface area contributed by atoms with E-state index in [0.29, 0.717) is 23.0 Å². The van der Waals surface area contributed by atoms with Crippen molar-refractivity contribution in [2.24, 2.45) is 0 Å². The summed E-state index contributed by atoms with van der Waals surface area (Å²) in [6, 6.07) is 0.0276. The summed E-state index contributed by atoms with van der Waals surface area (Å²) in [6.45, 7) is 8.56. The number of nitrogens with one attached hydrogen (secondary N) is 1. The number of quaternary nitrogens is 1. The van der Waals surface area contributed by atoms with Gasteiger partial charge in [0, 0.05) is 30.2 Å². The summed E-state index contributed by atoms with van der Waals surface area (Å²) in [6.07, 6.45) is 1.13. The predicted octanol–water partition coefficient (Wildman–Crippen LogP) is 0.469. The predicted molar refractivity (Wildman–Crippen MR) is 78.1 cm³/mol. The molecule has 0 aromatic heterocycles. The summed E-state index contributed by atoms with van der Waals surface area (Å²) in [5.74, 6) is -0.475. The summed E-state index contributed by atoms with van der Waals surface area (Å²) >= 11 is 0. The Morgan fingerprint density at radius 2 is 1.90 bits per heavy atom. The van der Waals surface area contributed by atoms with E-state index in [0.717, 1.165) is 13.0 Å². The summed E-state index contributed by atoms with van der Waals surface area (Å²) in [5.41, 5.74) is 0.478. The molecule has 0 saturated carbocycles. The van der Waals surface area contributed by atoms with Crippen LogP contribution in [-0.4, -0.2) is 62.3 Å². The molecule has 1 unspecified atom stereocenters. The van der Waals surface area contributed by atoms with Gasteiger partial charge in [-0.05, 0) is 13.8 Å². The van der Waals surface area contributed by atoms with Gasteiger partial charge in [-0.2, -0.15) is 0 Å². The number of rotatable bonds is 9. The first-order chi connectivity index (χ1) is 8.93. The van der Waals surface area contributed by atoms with Gasteiger partial charge in [-0.15, -0.1) is 0 Å². The van der Waals surface area contributed by atoms with Crippen LogP contribution in [0.5, 0.6) is 0 Å². The van der Waals surface area contributed by atoms with Crippen LogP contribution in [-0.2, 0) is 14.9 Å². The highest BCUT2D eigenvalue weighted by Crippen LogP contribution is 2.05. The van der Waals surface area contributed by atoms with E-state index in [2.05, 4.69) is 11.9 Å². The van der Waals surface area contributed by atoms with Crippen LogP contribution in [0.15, 0.2) is 12.2 Å². The minimum Gasteiger partial charge on any atom is -0.748 e. The zero-order valence-corrected chi connectivity index (χ0v) is 13.6. The molecule has 118 valence electrons. The van der Waals surface area contributed by atoms with Crippen LogP contribution in [0.4, 0.5) is 0 Å². The lowest BCUT2D eigenvalue weighted by Crippen LogP contribution is -2.45. The van der Waals surface area contributed by atoms with Crippen LogP contribution in [0.25, 0.3) is 0 Å². The Kier molecular flexibility index (Phi) is 7.40. The average molecular weight is 306 g/mol. The molecule has 0 aromatic carbocycles. The second-order valence-corrected chi connectivity index (χ2v) is 7.47. The van der Waals surface area contributed by atoms with Crippen molar-refractivity contribution >= 4 is 16.0 Å². The van der Waals surface area contributed by atoms with Gasteiger partial charge in [0.2, 0.25) is 5.91 Å². The zero-order chi connectivity index (χ0) is 16.0. The van der Waals surface area contributed by atoms with Crippen molar-refractivity contribution in [1.82, 2.24) is 5.32 Å². The lowest BCUT2D eigenvalue weighted by Gasteiger charge is -2.31. The third-order valence-corrected chi connectivity index (χ3v) is 3.88. The lowest BCUT2D eigenvalue weighted by molar-refractivity contribution is -0.890. The SMILES string of the molecule is C=C(C)C(=O)NC(C)CC[N+](C)(C)CCCS(=O)(=O)[O-]. The largest absolute Gasteiger partial charge is 0.748 e. The van der Waals surface area contributed by atoms with Crippen LogP contribution in [0.3, 0.4) is 0 Å². The molecule has 20 heavy (non-hydrogen) atoms. The average Bonchev–Trinajstić information content (AvgIpc) is 2.24. The van der Waals surface area contributed by atoms with E-state index in [1.165, 1.54) is 0 Å². The highest BCUT2D eigenvalue weighted by molar-refractivity contribution is 7.85. The minimum absolute atomic E-state index is 0.0276. The van der Waals surface area contributed by atoms with Crippen molar-refractivity contribution < 1.29 is 22.2 Å². The summed E-state index contributed by atoms with van der Waals surface area (Å²) in [5, 5.41) is 2.84. The maximum atomic E-state index is 11.4. The number of amides is 1. The topological polar surface area (TPSA) is 86.3 Å². The van der Waals surface area contributed by atoms with E-state index < -0.39 is 10.1 Å². The molecule has 0 radical (unpaired) electrons. The molecule has 1 N–H and O–H groups in total. The van der Waals surface area contributed by atoms with Crippen molar-refractivity contribution in [3.63, 3.8) is 0 Å². The second-order valence-electron chi connectivity index (χ2n) is 5.94. The summed E-state index contributed by atoms with van der Waals surface area (Å²) in [7, 11) is -0.176. The van der Waals surface area contributed by atoms with E-state index in [1.807, 2.05) is 21.0 Å². The van der Waals surface area contributed by atoms with Crippen LogP contribution in [0.1, 0.15) is 26.7 Å². The lowest BCUT2D eigenvalue weighted by atomic mass is 10.2. The molecule has 0 aliphatic rings. The van der Waals surface area contributed by atoms with Gasteiger partial charge in [0.25, 0.3) is 0 Å². The summed E-state index contributed by atoms with van der Waals surface area (Å²) in [4.78, 5) is 11.4. The number of carbonyl (C=O) groups excluding carboxylic acids is 1. The van der Waals surface area contributed by atoms with Gasteiger partial charge < -0.3 is 14.4 Å². The first-order valence-corrected chi connectivity index (χ1v) is 8.22. The number of hydrogen-bond donors (Lipinski definition) is 1. The number of nitrogens with zero attached hydrogens (tertiary/aromatic N) is 1. The third-order valence-electron chi connectivity index (χ3n) is 3.09. The fourth-order valence-electron chi connectivity index (χ4n) is 1.74. The Morgan fingerprint density at radius 3 is 2.35 bits per heavy atom. The molecule has 0 bridgehead atoms. The van der Waals surface area contributed by atoms with Gasteiger partial charge in [0.15, 0.2) is 0 Å². The number of carbonyl (C=O) groups is 1. The standard InChI is InChI=1S/C13H26N2O4S/c1-11(2)13(16)14-12(3)7-9-15(4,5)8-6-10-20(17,18)19/h12H,1,6-10H2,2-5H3,(H-,14,16,17,18,19). The maximum Gasteiger partial charge on any atom is 0.246 e. The fraction of sp³-hybridized carbons (Fsp3) is 0.769. The van der Waals surface area contributed by atoms with Gasteiger partial charge in [-0.25, -0.2) is 8.42 Å². The van der Waals surface area contributed by atoms with Crippen LogP contribution < -0.4 is 5.32 Å². The molecule has 0 rings (SSSR count). The molecular formula is C13H26N2O4S. The minimum atomic E-state index is -4.13. The molecular weight excluding hydrogens is 280 g/mol. The van der Waals surface area contributed by atoms with E-state index in [-0.39, 0.29) is 17.7 Å². The van der Waals surface area contributed by atoms with Gasteiger partial charge in [0.05, 0.1) is 37.3 Å². The van der Waals surface area contributed by atoms with E-state index in [4.69, 9.17) is 0 Å². The van der Waals surface area contributed by atoms with Crippen LogP contribution >= 0.6 is 0 Å². The Balaban J connectivity index is 4.08. The Labute approximate surface area is 122 Å². The van der Waals surface area contributed by atoms with E-state index >= 15 is 0 Å². The third kappa shape index (κ3) is 9.94. The highest BCUT2D eigenvalue weighted by Gasteiger charge is 2.17. The Bertz CT molecular complexity index is 443. The van der Waals surface area contributed by atoms with Crippen LogP contribution in [0.2, 0.25) is 0 Å². The molecule has 0 aliphatic heterocycles. The normalized spacial score (nSPS) is 13.8. The molecule has 0 aliphatic carbocycles. The van der Waals surface area contributed by atoms with Crippen molar-refractivity contribution in [1.29, 1.82) is 0 Å². The Morgan fingerprint density at radius 1 is 1.35 bits per heavy atom. The molecule has 1 atom stereocenters. The van der Waals surface area contributed by atoms with Crippen molar-refractivity contribution in [3.05, 3.63) is 12.2 Å². The molecule has 0 spiro atoms.